The number of carbonyl (C=O) groups is 1. The van der Waals surface area contributed by atoms with Crippen LogP contribution >= 0.6 is 15.9 Å². The molecule has 0 saturated heterocycles. The number of anilines is 1. The Morgan fingerprint density at radius 1 is 1.09 bits per heavy atom. The summed E-state index contributed by atoms with van der Waals surface area (Å²) in [4.78, 5) is 14.1. The summed E-state index contributed by atoms with van der Waals surface area (Å²) in [7, 11) is 3.15. The Morgan fingerprint density at radius 3 is 2.61 bits per heavy atom. The number of amides is 1. The topological polar surface area (TPSA) is 48.0 Å². The van der Waals surface area contributed by atoms with E-state index in [-0.39, 0.29) is 12.5 Å². The molecule has 5 nitrogen and oxygen atoms in total. The highest BCUT2D eigenvalue weighted by Gasteiger charge is 2.24. The minimum Gasteiger partial charge on any atom is -0.493 e. The van der Waals surface area contributed by atoms with Crippen LogP contribution in [-0.2, 0) is 11.3 Å². The first kappa shape index (κ1) is 15.7. The number of carbonyl (C=O) groups excluding carboxylic acids is 1. The molecule has 0 saturated carbocycles. The summed E-state index contributed by atoms with van der Waals surface area (Å²) in [5.74, 6) is 1.82. The Labute approximate surface area is 142 Å². The van der Waals surface area contributed by atoms with Crippen LogP contribution in [0.25, 0.3) is 0 Å². The van der Waals surface area contributed by atoms with Gasteiger partial charge in [0.05, 0.1) is 20.8 Å². The number of hydrogen-bond donors (Lipinski definition) is 0. The standard InChI is InChI=1S/C17H16BrNO4/c1-21-15-6-4-13(8-16(15)22-2)19-9-11-7-12(18)3-5-14(11)23-10-17(19)20/h3-8H,9-10H2,1-2H3. The molecule has 0 atom stereocenters. The fourth-order valence-corrected chi connectivity index (χ4v) is 2.92. The molecule has 0 aliphatic carbocycles. The monoisotopic (exact) mass is 377 g/mol. The van der Waals surface area contributed by atoms with Crippen LogP contribution in [0.2, 0.25) is 0 Å². The van der Waals surface area contributed by atoms with Crippen LogP contribution < -0.4 is 19.1 Å². The summed E-state index contributed by atoms with van der Waals surface area (Å²) >= 11 is 3.45. The Kier molecular flexibility index (Phi) is 4.43. The number of hydrogen-bond acceptors (Lipinski definition) is 4. The van der Waals surface area contributed by atoms with Gasteiger partial charge in [0.25, 0.3) is 5.91 Å². The third kappa shape index (κ3) is 3.12. The quantitative estimate of drug-likeness (QED) is 0.822. The predicted octanol–water partition coefficient (Wildman–Crippen LogP) is 3.39. The molecule has 0 spiro atoms. The van der Waals surface area contributed by atoms with Crippen molar-refractivity contribution in [3.63, 3.8) is 0 Å². The highest BCUT2D eigenvalue weighted by Crippen LogP contribution is 2.34. The van der Waals surface area contributed by atoms with Gasteiger partial charge in [0.2, 0.25) is 0 Å². The average Bonchev–Trinajstić information content (AvgIpc) is 2.73. The van der Waals surface area contributed by atoms with Crippen LogP contribution in [-0.4, -0.2) is 26.7 Å². The number of benzene rings is 2. The number of methoxy groups -OCH3 is 2. The van der Waals surface area contributed by atoms with Crippen LogP contribution in [0.5, 0.6) is 17.2 Å². The SMILES string of the molecule is COc1ccc(N2Cc3cc(Br)ccc3OCC2=O)cc1OC. The third-order valence-corrected chi connectivity index (χ3v) is 4.18. The first-order valence-electron chi connectivity index (χ1n) is 7.06. The second kappa shape index (κ2) is 6.50. The Hall–Kier alpha value is -2.21. The van der Waals surface area contributed by atoms with E-state index in [4.69, 9.17) is 14.2 Å². The molecule has 0 radical (unpaired) electrons. The van der Waals surface area contributed by atoms with E-state index < -0.39 is 0 Å². The Morgan fingerprint density at radius 2 is 1.87 bits per heavy atom. The molecular weight excluding hydrogens is 362 g/mol. The summed E-state index contributed by atoms with van der Waals surface area (Å²) in [6.45, 7) is 0.437. The predicted molar refractivity (Wildman–Crippen MR) is 90.4 cm³/mol. The van der Waals surface area contributed by atoms with Crippen LogP contribution in [0.15, 0.2) is 40.9 Å². The van der Waals surface area contributed by atoms with E-state index in [9.17, 15) is 4.79 Å². The highest BCUT2D eigenvalue weighted by atomic mass is 79.9. The van der Waals surface area contributed by atoms with Gasteiger partial charge in [-0.3, -0.25) is 4.79 Å². The van der Waals surface area contributed by atoms with Crippen LogP contribution in [0.1, 0.15) is 5.56 Å². The Balaban J connectivity index is 1.99. The van der Waals surface area contributed by atoms with Gasteiger partial charge in [0.1, 0.15) is 5.75 Å². The number of ether oxygens (including phenoxy) is 3. The maximum Gasteiger partial charge on any atom is 0.265 e. The van der Waals surface area contributed by atoms with Gasteiger partial charge in [0.15, 0.2) is 18.1 Å². The van der Waals surface area contributed by atoms with Crippen LogP contribution in [0, 0.1) is 0 Å². The van der Waals surface area contributed by atoms with Crippen molar-refractivity contribution in [1.82, 2.24) is 0 Å². The van der Waals surface area contributed by atoms with E-state index in [0.717, 1.165) is 21.5 Å². The van der Waals surface area contributed by atoms with Gasteiger partial charge in [-0.2, -0.15) is 0 Å². The molecule has 0 unspecified atom stereocenters. The van der Waals surface area contributed by atoms with Crippen molar-refractivity contribution in [2.75, 3.05) is 25.7 Å². The first-order valence-corrected chi connectivity index (χ1v) is 7.85. The maximum absolute atomic E-state index is 12.4. The zero-order valence-electron chi connectivity index (χ0n) is 12.8. The molecule has 1 aliphatic heterocycles. The zero-order valence-corrected chi connectivity index (χ0v) is 14.4. The lowest BCUT2D eigenvalue weighted by atomic mass is 10.1. The highest BCUT2D eigenvalue weighted by molar-refractivity contribution is 9.10. The minimum atomic E-state index is -0.107. The number of rotatable bonds is 3. The molecule has 6 heteroatoms. The molecule has 23 heavy (non-hydrogen) atoms. The van der Waals surface area contributed by atoms with Gasteiger partial charge >= 0.3 is 0 Å². The van der Waals surface area contributed by atoms with Crippen molar-refractivity contribution in [2.24, 2.45) is 0 Å². The summed E-state index contributed by atoms with van der Waals surface area (Å²) in [6, 6.07) is 11.1. The molecule has 1 aliphatic rings. The molecule has 1 heterocycles. The molecule has 120 valence electrons. The van der Waals surface area contributed by atoms with Gasteiger partial charge in [-0.1, -0.05) is 15.9 Å². The fourth-order valence-electron chi connectivity index (χ4n) is 2.52. The van der Waals surface area contributed by atoms with Gasteiger partial charge in [-0.25, -0.2) is 0 Å². The van der Waals surface area contributed by atoms with E-state index >= 15 is 0 Å². The molecule has 0 aromatic heterocycles. The van der Waals surface area contributed by atoms with Crippen molar-refractivity contribution in [1.29, 1.82) is 0 Å². The number of halogens is 1. The lowest BCUT2D eigenvalue weighted by molar-refractivity contribution is -0.120. The van der Waals surface area contributed by atoms with Crippen LogP contribution in [0.3, 0.4) is 0 Å². The van der Waals surface area contributed by atoms with Gasteiger partial charge < -0.3 is 19.1 Å². The zero-order chi connectivity index (χ0) is 16.4. The van der Waals surface area contributed by atoms with E-state index in [1.165, 1.54) is 0 Å². The van der Waals surface area contributed by atoms with Gasteiger partial charge in [0, 0.05) is 21.8 Å². The molecule has 0 bridgehead atoms. The molecular formula is C17H16BrNO4. The third-order valence-electron chi connectivity index (χ3n) is 3.68. The van der Waals surface area contributed by atoms with E-state index in [2.05, 4.69) is 15.9 Å². The second-order valence-corrected chi connectivity index (χ2v) is 5.98. The smallest absolute Gasteiger partial charge is 0.265 e. The van der Waals surface area contributed by atoms with Crippen molar-refractivity contribution in [2.45, 2.75) is 6.54 Å². The Bertz CT molecular complexity index is 747. The van der Waals surface area contributed by atoms with E-state index in [1.54, 1.807) is 31.3 Å². The van der Waals surface area contributed by atoms with Crippen LogP contribution in [0.4, 0.5) is 5.69 Å². The number of nitrogens with zero attached hydrogens (tertiary/aromatic N) is 1. The average molecular weight is 378 g/mol. The molecule has 2 aromatic carbocycles. The van der Waals surface area contributed by atoms with E-state index in [0.29, 0.717) is 18.0 Å². The summed E-state index contributed by atoms with van der Waals surface area (Å²) in [5, 5.41) is 0. The van der Waals surface area contributed by atoms with Crippen molar-refractivity contribution < 1.29 is 19.0 Å². The largest absolute Gasteiger partial charge is 0.493 e. The molecule has 2 aromatic rings. The fraction of sp³-hybridized carbons (Fsp3) is 0.235. The molecule has 0 fully saturated rings. The summed E-state index contributed by atoms with van der Waals surface area (Å²) in [6.07, 6.45) is 0. The first-order chi connectivity index (χ1) is 11.1. The molecule has 3 rings (SSSR count). The van der Waals surface area contributed by atoms with Crippen molar-refractivity contribution in [3.8, 4) is 17.2 Å². The van der Waals surface area contributed by atoms with Crippen molar-refractivity contribution in [3.05, 3.63) is 46.4 Å². The van der Waals surface area contributed by atoms with Gasteiger partial charge in [-0.05, 0) is 30.3 Å². The molecule has 1 amide bonds. The summed E-state index contributed by atoms with van der Waals surface area (Å²) in [5.41, 5.74) is 1.68. The lowest BCUT2D eigenvalue weighted by Crippen LogP contribution is -2.32. The minimum absolute atomic E-state index is 0.00295. The number of fused-ring (bicyclic) bond motifs is 1. The van der Waals surface area contributed by atoms with Crippen molar-refractivity contribution >= 4 is 27.5 Å². The molecule has 0 N–H and O–H groups in total. The summed E-state index contributed by atoms with van der Waals surface area (Å²) < 4.78 is 17.1. The lowest BCUT2D eigenvalue weighted by Gasteiger charge is -2.21. The normalized spacial score (nSPS) is 13.9. The van der Waals surface area contributed by atoms with E-state index in [1.807, 2.05) is 24.3 Å². The maximum atomic E-state index is 12.4. The second-order valence-electron chi connectivity index (χ2n) is 5.06. The van der Waals surface area contributed by atoms with Gasteiger partial charge in [-0.15, -0.1) is 0 Å².